The molecule has 0 saturated heterocycles. The van der Waals surface area contributed by atoms with Crippen molar-refractivity contribution in [1.29, 1.82) is 0 Å². The van der Waals surface area contributed by atoms with E-state index in [1.54, 1.807) is 66.1 Å². The SMILES string of the molecule is COc1ccc(N(C)C(=O)C(Cc2cccc(CCSC(C)=O)c2)NC(=O)OC(C)(C)C)cc1. The molecule has 0 saturated carbocycles. The summed E-state index contributed by atoms with van der Waals surface area (Å²) in [6.45, 7) is 6.87. The van der Waals surface area contributed by atoms with Crippen molar-refractivity contribution in [3.05, 3.63) is 59.7 Å². The standard InChI is InChI=1S/C26H34N2O5S/c1-18(29)34-15-14-19-8-7-9-20(16-19)17-23(27-25(31)33-26(2,3)4)24(30)28(5)21-10-12-22(32-6)13-11-21/h7-13,16,23H,14-15,17H2,1-6H3,(H,27,31). The van der Waals surface area contributed by atoms with Crippen molar-refractivity contribution < 1.29 is 23.9 Å². The highest BCUT2D eigenvalue weighted by atomic mass is 32.2. The number of likely N-dealkylation sites (N-methyl/N-ethyl adjacent to an activating group) is 1. The fourth-order valence-corrected chi connectivity index (χ4v) is 3.90. The molecule has 0 aromatic heterocycles. The third kappa shape index (κ3) is 9.09. The van der Waals surface area contributed by atoms with Gasteiger partial charge in [-0.05, 0) is 62.6 Å². The van der Waals surface area contributed by atoms with Crippen molar-refractivity contribution in [2.24, 2.45) is 0 Å². The van der Waals surface area contributed by atoms with Crippen LogP contribution in [0, 0.1) is 0 Å². The smallest absolute Gasteiger partial charge is 0.408 e. The first-order chi connectivity index (χ1) is 16.0. The Bertz CT molecular complexity index is 985. The fraction of sp³-hybridized carbons (Fsp3) is 0.423. The van der Waals surface area contributed by atoms with Crippen LogP contribution < -0.4 is 15.0 Å². The first kappa shape index (κ1) is 27.2. The topological polar surface area (TPSA) is 84.9 Å². The number of hydrogen-bond donors (Lipinski definition) is 1. The lowest BCUT2D eigenvalue weighted by atomic mass is 10.0. The molecule has 0 aliphatic heterocycles. The van der Waals surface area contributed by atoms with Crippen LogP contribution in [0.5, 0.6) is 5.75 Å². The van der Waals surface area contributed by atoms with Gasteiger partial charge >= 0.3 is 6.09 Å². The first-order valence-corrected chi connectivity index (χ1v) is 12.1. The maximum Gasteiger partial charge on any atom is 0.408 e. The zero-order chi connectivity index (χ0) is 25.3. The second-order valence-corrected chi connectivity index (χ2v) is 10.2. The van der Waals surface area contributed by atoms with Crippen molar-refractivity contribution in [2.75, 3.05) is 24.8 Å². The van der Waals surface area contributed by atoms with Gasteiger partial charge in [-0.25, -0.2) is 4.79 Å². The van der Waals surface area contributed by atoms with Crippen LogP contribution in [-0.4, -0.2) is 48.7 Å². The molecule has 1 atom stereocenters. The van der Waals surface area contributed by atoms with E-state index >= 15 is 0 Å². The number of alkyl carbamates (subject to hydrolysis) is 1. The van der Waals surface area contributed by atoms with E-state index in [1.807, 2.05) is 24.3 Å². The number of ether oxygens (including phenoxy) is 2. The van der Waals surface area contributed by atoms with Gasteiger partial charge in [-0.1, -0.05) is 36.0 Å². The average molecular weight is 487 g/mol. The monoisotopic (exact) mass is 486 g/mol. The number of amides is 2. The minimum atomic E-state index is -0.830. The number of hydrogen-bond acceptors (Lipinski definition) is 6. The van der Waals surface area contributed by atoms with E-state index in [9.17, 15) is 14.4 Å². The van der Waals surface area contributed by atoms with Crippen LogP contribution in [0.15, 0.2) is 48.5 Å². The Kier molecular flexibility index (Phi) is 9.98. The molecule has 0 heterocycles. The highest BCUT2D eigenvalue weighted by Crippen LogP contribution is 2.20. The maximum atomic E-state index is 13.4. The summed E-state index contributed by atoms with van der Waals surface area (Å²) >= 11 is 1.29. The Morgan fingerprint density at radius 3 is 2.29 bits per heavy atom. The summed E-state index contributed by atoms with van der Waals surface area (Å²) in [6, 6.07) is 14.1. The Labute approximate surface area is 206 Å². The molecule has 1 unspecified atom stereocenters. The van der Waals surface area contributed by atoms with Crippen molar-refractivity contribution >= 4 is 34.6 Å². The van der Waals surface area contributed by atoms with E-state index < -0.39 is 17.7 Å². The lowest BCUT2D eigenvalue weighted by Gasteiger charge is -2.27. The number of nitrogens with one attached hydrogen (secondary N) is 1. The minimum Gasteiger partial charge on any atom is -0.497 e. The summed E-state index contributed by atoms with van der Waals surface area (Å²) in [5.41, 5.74) is 1.96. The molecule has 2 amide bonds. The molecule has 0 aliphatic rings. The molecule has 0 spiro atoms. The van der Waals surface area contributed by atoms with Crippen molar-refractivity contribution in [3.8, 4) is 5.75 Å². The van der Waals surface area contributed by atoms with Gasteiger partial charge in [-0.3, -0.25) is 9.59 Å². The number of thioether (sulfide) groups is 1. The van der Waals surface area contributed by atoms with Crippen LogP contribution >= 0.6 is 11.8 Å². The molecule has 34 heavy (non-hydrogen) atoms. The van der Waals surface area contributed by atoms with E-state index in [1.165, 1.54) is 16.7 Å². The third-order valence-electron chi connectivity index (χ3n) is 4.91. The maximum absolute atomic E-state index is 13.4. The fourth-order valence-electron chi connectivity index (χ4n) is 3.28. The molecule has 0 aliphatic carbocycles. The van der Waals surface area contributed by atoms with Crippen LogP contribution in [0.25, 0.3) is 0 Å². The van der Waals surface area contributed by atoms with Crippen LogP contribution in [0.1, 0.15) is 38.8 Å². The van der Waals surface area contributed by atoms with Crippen LogP contribution in [0.4, 0.5) is 10.5 Å². The summed E-state index contributed by atoms with van der Waals surface area (Å²) in [4.78, 5) is 38.7. The second kappa shape index (κ2) is 12.5. The molecule has 184 valence electrons. The van der Waals surface area contributed by atoms with Crippen LogP contribution in [-0.2, 0) is 27.2 Å². The van der Waals surface area contributed by atoms with Crippen LogP contribution in [0.2, 0.25) is 0 Å². The number of nitrogens with zero attached hydrogens (tertiary/aromatic N) is 1. The van der Waals surface area contributed by atoms with E-state index in [4.69, 9.17) is 9.47 Å². The van der Waals surface area contributed by atoms with Gasteiger partial charge in [0.25, 0.3) is 0 Å². The van der Waals surface area contributed by atoms with Gasteiger partial charge < -0.3 is 19.7 Å². The van der Waals surface area contributed by atoms with Gasteiger partial charge in [0, 0.05) is 31.8 Å². The normalized spacial score (nSPS) is 11.9. The van der Waals surface area contributed by atoms with Crippen molar-refractivity contribution in [1.82, 2.24) is 5.32 Å². The summed E-state index contributed by atoms with van der Waals surface area (Å²) in [5, 5.41) is 2.83. The predicted molar refractivity (Wildman–Crippen MR) is 137 cm³/mol. The molecule has 0 bridgehead atoms. The molecule has 0 radical (unpaired) electrons. The summed E-state index contributed by atoms with van der Waals surface area (Å²) in [6.07, 6.45) is 0.386. The third-order valence-corrected chi connectivity index (χ3v) is 5.72. The molecule has 2 rings (SSSR count). The zero-order valence-electron chi connectivity index (χ0n) is 20.7. The molecule has 2 aromatic carbocycles. The van der Waals surface area contributed by atoms with Gasteiger partial charge in [-0.15, -0.1) is 0 Å². The quantitative estimate of drug-likeness (QED) is 0.557. The van der Waals surface area contributed by atoms with Gasteiger partial charge in [0.2, 0.25) is 5.91 Å². The number of anilines is 1. The van der Waals surface area contributed by atoms with E-state index in [0.717, 1.165) is 17.5 Å². The first-order valence-electron chi connectivity index (χ1n) is 11.1. The molecule has 2 aromatic rings. The van der Waals surface area contributed by atoms with Crippen LogP contribution in [0.3, 0.4) is 0 Å². The van der Waals surface area contributed by atoms with Crippen molar-refractivity contribution in [3.63, 3.8) is 0 Å². The lowest BCUT2D eigenvalue weighted by Crippen LogP contribution is -2.50. The van der Waals surface area contributed by atoms with Gasteiger partial charge in [0.05, 0.1) is 7.11 Å². The highest BCUT2D eigenvalue weighted by molar-refractivity contribution is 8.13. The highest BCUT2D eigenvalue weighted by Gasteiger charge is 2.27. The molecular formula is C26H34N2O5S. The zero-order valence-corrected chi connectivity index (χ0v) is 21.5. The van der Waals surface area contributed by atoms with Gasteiger partial charge in [0.1, 0.15) is 17.4 Å². The number of rotatable bonds is 9. The van der Waals surface area contributed by atoms with E-state index in [2.05, 4.69) is 5.32 Å². The molecule has 0 fully saturated rings. The summed E-state index contributed by atoms with van der Waals surface area (Å²) in [5.74, 6) is 1.11. The van der Waals surface area contributed by atoms with Gasteiger partial charge in [0.15, 0.2) is 5.12 Å². The number of methoxy groups -OCH3 is 1. The minimum absolute atomic E-state index is 0.0879. The van der Waals surface area contributed by atoms with Gasteiger partial charge in [-0.2, -0.15) is 0 Å². The second-order valence-electron chi connectivity index (χ2n) is 8.91. The van der Waals surface area contributed by atoms with Crippen molar-refractivity contribution in [2.45, 2.75) is 52.2 Å². The summed E-state index contributed by atoms with van der Waals surface area (Å²) in [7, 11) is 3.25. The Balaban J connectivity index is 2.22. The number of carbonyl (C=O) groups excluding carboxylic acids is 3. The van der Waals surface area contributed by atoms with E-state index in [0.29, 0.717) is 23.6 Å². The number of carbonyl (C=O) groups is 3. The number of benzene rings is 2. The molecule has 1 N–H and O–H groups in total. The predicted octanol–water partition coefficient (Wildman–Crippen LogP) is 4.62. The Hall–Kier alpha value is -3.00. The Morgan fingerprint density at radius 2 is 1.71 bits per heavy atom. The molecular weight excluding hydrogens is 452 g/mol. The molecule has 8 heteroatoms. The molecule has 7 nitrogen and oxygen atoms in total. The lowest BCUT2D eigenvalue weighted by molar-refractivity contribution is -0.120. The number of aryl methyl sites for hydroxylation is 1. The summed E-state index contributed by atoms with van der Waals surface area (Å²) < 4.78 is 10.6. The van der Waals surface area contributed by atoms with E-state index in [-0.39, 0.29) is 11.0 Å². The average Bonchev–Trinajstić information content (AvgIpc) is 2.76. The Morgan fingerprint density at radius 1 is 1.06 bits per heavy atom. The largest absolute Gasteiger partial charge is 0.497 e.